The van der Waals surface area contributed by atoms with E-state index in [0.717, 1.165) is 56.1 Å². The minimum absolute atomic E-state index is 0.374. The molecule has 0 aromatic heterocycles. The Labute approximate surface area is 149 Å². The summed E-state index contributed by atoms with van der Waals surface area (Å²) in [6.45, 7) is 11.5. The monoisotopic (exact) mass is 342 g/mol. The van der Waals surface area contributed by atoms with Crippen LogP contribution in [0.1, 0.15) is 72.6 Å². The van der Waals surface area contributed by atoms with E-state index >= 15 is 0 Å². The molecule has 0 bridgehead atoms. The van der Waals surface area contributed by atoms with E-state index < -0.39 is 12.1 Å². The first-order chi connectivity index (χ1) is 11.4. The average Bonchev–Trinajstić information content (AvgIpc) is 2.54. The molecule has 0 aliphatic carbocycles. The van der Waals surface area contributed by atoms with Gasteiger partial charge in [0.1, 0.15) is 18.6 Å². The van der Waals surface area contributed by atoms with Gasteiger partial charge in [-0.3, -0.25) is 4.79 Å². The van der Waals surface area contributed by atoms with E-state index in [1.807, 2.05) is 0 Å². The number of hydrogen-bond donors (Lipinski definition) is 2. The number of hydrogen-bond acceptors (Lipinski definition) is 2. The predicted molar refractivity (Wildman–Crippen MR) is 101 cm³/mol. The van der Waals surface area contributed by atoms with Crippen LogP contribution in [0.15, 0.2) is 12.2 Å². The van der Waals surface area contributed by atoms with Gasteiger partial charge >= 0.3 is 5.97 Å². The maximum atomic E-state index is 11.4. The molecule has 0 saturated carbocycles. The number of aliphatic hydroxyl groups is 1. The standard InChI is InChI=1S/C20H39NO3/c1-5-8-11-12-13-19(22)17-21(14-9-6-2,15-10-7-3)16-18(4)20(23)24/h11-12,18-19,22H,5-10,13-17H2,1-4H3/p+1/b12-11+. The van der Waals surface area contributed by atoms with Crippen LogP contribution < -0.4 is 0 Å². The van der Waals surface area contributed by atoms with Crippen molar-refractivity contribution in [2.45, 2.75) is 78.7 Å². The van der Waals surface area contributed by atoms with Crippen molar-refractivity contribution in [2.24, 2.45) is 5.92 Å². The van der Waals surface area contributed by atoms with E-state index in [1.165, 1.54) is 0 Å². The van der Waals surface area contributed by atoms with Crippen molar-refractivity contribution in [2.75, 3.05) is 26.2 Å². The molecule has 2 unspecified atom stereocenters. The van der Waals surface area contributed by atoms with Crippen LogP contribution in [0.25, 0.3) is 0 Å². The van der Waals surface area contributed by atoms with Crippen LogP contribution in [-0.4, -0.2) is 52.9 Å². The number of quaternary nitrogens is 1. The highest BCUT2D eigenvalue weighted by molar-refractivity contribution is 5.69. The molecule has 4 nitrogen and oxygen atoms in total. The van der Waals surface area contributed by atoms with E-state index in [-0.39, 0.29) is 5.92 Å². The van der Waals surface area contributed by atoms with Crippen LogP contribution in [0.2, 0.25) is 0 Å². The number of allylic oxidation sites excluding steroid dienone is 1. The zero-order chi connectivity index (χ0) is 18.4. The average molecular weight is 343 g/mol. The van der Waals surface area contributed by atoms with Gasteiger partial charge < -0.3 is 14.7 Å². The van der Waals surface area contributed by atoms with Crippen LogP contribution in [0.5, 0.6) is 0 Å². The van der Waals surface area contributed by atoms with Crippen LogP contribution in [0, 0.1) is 5.92 Å². The molecule has 0 fully saturated rings. The molecule has 24 heavy (non-hydrogen) atoms. The second-order valence-electron chi connectivity index (χ2n) is 7.25. The SMILES string of the molecule is CCC/C=C/CC(O)C[N+](CCCC)(CCCC)CC(C)C(=O)O. The maximum absolute atomic E-state index is 11.4. The summed E-state index contributed by atoms with van der Waals surface area (Å²) < 4.78 is 0.734. The molecular formula is C20H40NO3+. The van der Waals surface area contributed by atoms with E-state index in [0.29, 0.717) is 19.5 Å². The molecule has 0 aliphatic rings. The fraction of sp³-hybridized carbons (Fsp3) is 0.850. The molecule has 0 heterocycles. The highest BCUT2D eigenvalue weighted by Gasteiger charge is 2.33. The fourth-order valence-electron chi connectivity index (χ4n) is 3.26. The van der Waals surface area contributed by atoms with Gasteiger partial charge in [-0.1, -0.05) is 52.2 Å². The van der Waals surface area contributed by atoms with Gasteiger partial charge in [-0.25, -0.2) is 0 Å². The largest absolute Gasteiger partial charge is 0.481 e. The third-order valence-corrected chi connectivity index (χ3v) is 4.68. The summed E-state index contributed by atoms with van der Waals surface area (Å²) in [6, 6.07) is 0. The molecule has 4 heteroatoms. The number of carbonyl (C=O) groups is 1. The number of unbranched alkanes of at least 4 members (excludes halogenated alkanes) is 3. The Morgan fingerprint density at radius 1 is 1.00 bits per heavy atom. The molecule has 0 aromatic rings. The van der Waals surface area contributed by atoms with Crippen LogP contribution in [-0.2, 0) is 4.79 Å². The summed E-state index contributed by atoms with van der Waals surface area (Å²) in [5.41, 5.74) is 0. The van der Waals surface area contributed by atoms with Crippen molar-refractivity contribution >= 4 is 5.97 Å². The van der Waals surface area contributed by atoms with E-state index in [1.54, 1.807) is 6.92 Å². The molecule has 0 amide bonds. The second-order valence-corrected chi connectivity index (χ2v) is 7.25. The smallest absolute Gasteiger partial charge is 0.311 e. The van der Waals surface area contributed by atoms with Crippen LogP contribution in [0.3, 0.4) is 0 Å². The van der Waals surface area contributed by atoms with Crippen molar-refractivity contribution in [3.63, 3.8) is 0 Å². The van der Waals surface area contributed by atoms with Crippen molar-refractivity contribution in [3.05, 3.63) is 12.2 Å². The zero-order valence-electron chi connectivity index (χ0n) is 16.3. The highest BCUT2D eigenvalue weighted by Crippen LogP contribution is 2.19. The van der Waals surface area contributed by atoms with Gasteiger partial charge in [0.2, 0.25) is 0 Å². The first-order valence-electron chi connectivity index (χ1n) is 9.81. The van der Waals surface area contributed by atoms with E-state index in [4.69, 9.17) is 0 Å². The van der Waals surface area contributed by atoms with Gasteiger partial charge in [0.25, 0.3) is 0 Å². The van der Waals surface area contributed by atoms with Crippen molar-refractivity contribution in [3.8, 4) is 0 Å². The fourth-order valence-corrected chi connectivity index (χ4v) is 3.26. The molecule has 0 aromatic carbocycles. The summed E-state index contributed by atoms with van der Waals surface area (Å²) in [5, 5.41) is 19.9. The number of aliphatic carboxylic acids is 1. The lowest BCUT2D eigenvalue weighted by molar-refractivity contribution is -0.933. The summed E-state index contributed by atoms with van der Waals surface area (Å²) in [5.74, 6) is -1.11. The van der Waals surface area contributed by atoms with Gasteiger partial charge in [0.05, 0.1) is 19.6 Å². The lowest BCUT2D eigenvalue weighted by Gasteiger charge is -2.41. The molecular weight excluding hydrogens is 302 g/mol. The van der Waals surface area contributed by atoms with Crippen molar-refractivity contribution in [1.82, 2.24) is 0 Å². The van der Waals surface area contributed by atoms with Crippen molar-refractivity contribution in [1.29, 1.82) is 0 Å². The van der Waals surface area contributed by atoms with Gasteiger partial charge in [0.15, 0.2) is 0 Å². The third kappa shape index (κ3) is 10.1. The van der Waals surface area contributed by atoms with E-state index in [9.17, 15) is 15.0 Å². The number of nitrogens with zero attached hydrogens (tertiary/aromatic N) is 1. The van der Waals surface area contributed by atoms with Gasteiger partial charge in [0, 0.05) is 0 Å². The Hall–Kier alpha value is -0.870. The number of carboxylic acids is 1. The second kappa shape index (κ2) is 13.4. The van der Waals surface area contributed by atoms with Crippen molar-refractivity contribution < 1.29 is 19.5 Å². The van der Waals surface area contributed by atoms with Crippen LogP contribution in [0.4, 0.5) is 0 Å². The third-order valence-electron chi connectivity index (χ3n) is 4.68. The lowest BCUT2D eigenvalue weighted by atomic mass is 10.1. The Kier molecular flexibility index (Phi) is 12.9. The molecule has 0 saturated heterocycles. The maximum Gasteiger partial charge on any atom is 0.311 e. The molecule has 2 N–H and O–H groups in total. The summed E-state index contributed by atoms with van der Waals surface area (Å²) in [4.78, 5) is 11.4. The topological polar surface area (TPSA) is 57.5 Å². The predicted octanol–water partition coefficient (Wildman–Crippen LogP) is 4.23. The number of aliphatic hydroxyl groups excluding tert-OH is 1. The minimum Gasteiger partial charge on any atom is -0.481 e. The molecule has 2 atom stereocenters. The number of rotatable bonds is 15. The molecule has 0 radical (unpaired) electrons. The quantitative estimate of drug-likeness (QED) is 0.346. The van der Waals surface area contributed by atoms with Gasteiger partial charge in [-0.2, -0.15) is 0 Å². The highest BCUT2D eigenvalue weighted by atomic mass is 16.4. The Morgan fingerprint density at radius 3 is 2.04 bits per heavy atom. The normalized spacial score (nSPS) is 14.9. The number of carboxylic acid groups (broad SMARTS) is 1. The minimum atomic E-state index is -0.733. The Bertz CT molecular complexity index is 347. The first kappa shape index (κ1) is 23.1. The van der Waals surface area contributed by atoms with E-state index in [2.05, 4.69) is 32.9 Å². The summed E-state index contributed by atoms with van der Waals surface area (Å²) >= 11 is 0. The molecule has 0 spiro atoms. The Balaban J connectivity index is 5.03. The lowest BCUT2D eigenvalue weighted by Crippen LogP contribution is -2.56. The molecule has 142 valence electrons. The summed E-state index contributed by atoms with van der Waals surface area (Å²) in [6.07, 6.45) is 11.0. The Morgan fingerprint density at radius 2 is 1.58 bits per heavy atom. The molecule has 0 aliphatic heterocycles. The zero-order valence-corrected chi connectivity index (χ0v) is 16.3. The van der Waals surface area contributed by atoms with Crippen LogP contribution >= 0.6 is 0 Å². The summed E-state index contributed by atoms with van der Waals surface area (Å²) in [7, 11) is 0. The van der Waals surface area contributed by atoms with Gasteiger partial charge in [-0.05, 0) is 32.6 Å². The molecule has 0 rings (SSSR count). The van der Waals surface area contributed by atoms with Gasteiger partial charge in [-0.15, -0.1) is 0 Å². The first-order valence-corrected chi connectivity index (χ1v) is 9.81.